The molecule has 0 spiro atoms. The van der Waals surface area contributed by atoms with Crippen LogP contribution in [-0.4, -0.2) is 23.8 Å². The zero-order chi connectivity index (χ0) is 15.0. The number of fused-ring (bicyclic) bond motifs is 1. The number of nitrogens with zero attached hydrogens (tertiary/aromatic N) is 1. The van der Waals surface area contributed by atoms with Gasteiger partial charge in [-0.25, -0.2) is 0 Å². The van der Waals surface area contributed by atoms with E-state index in [2.05, 4.69) is 22.6 Å². The van der Waals surface area contributed by atoms with Gasteiger partial charge in [-0.15, -0.1) is 0 Å². The summed E-state index contributed by atoms with van der Waals surface area (Å²) < 4.78 is 6.07. The summed E-state index contributed by atoms with van der Waals surface area (Å²) in [7, 11) is 1.57. The number of methoxy groups -OCH3 is 1. The molecule has 21 heavy (non-hydrogen) atoms. The number of hydrogen-bond acceptors (Lipinski definition) is 3. The van der Waals surface area contributed by atoms with Crippen LogP contribution in [0.1, 0.15) is 26.3 Å². The van der Waals surface area contributed by atoms with Gasteiger partial charge in [0.15, 0.2) is 0 Å². The molecule has 4 nitrogen and oxygen atoms in total. The predicted molar refractivity (Wildman–Crippen MR) is 86.4 cm³/mol. The molecule has 0 aliphatic carbocycles. The van der Waals surface area contributed by atoms with Crippen LogP contribution in [0.25, 0.3) is 0 Å². The lowest BCUT2D eigenvalue weighted by Crippen LogP contribution is -2.29. The van der Waals surface area contributed by atoms with Gasteiger partial charge in [0.1, 0.15) is 5.75 Å². The summed E-state index contributed by atoms with van der Waals surface area (Å²) in [6.07, 6.45) is 0. The molecule has 0 N–H and O–H groups in total. The van der Waals surface area contributed by atoms with E-state index in [9.17, 15) is 9.59 Å². The highest BCUT2D eigenvalue weighted by atomic mass is 127. The molecule has 0 saturated carbocycles. The van der Waals surface area contributed by atoms with Gasteiger partial charge in [-0.1, -0.05) is 24.3 Å². The Kier molecular flexibility index (Phi) is 3.67. The number of carbonyl (C=O) groups is 2. The van der Waals surface area contributed by atoms with E-state index in [-0.39, 0.29) is 18.4 Å². The van der Waals surface area contributed by atoms with E-state index in [1.54, 1.807) is 19.2 Å². The van der Waals surface area contributed by atoms with Crippen molar-refractivity contribution in [2.75, 3.05) is 7.11 Å². The fourth-order valence-electron chi connectivity index (χ4n) is 2.44. The molecule has 1 aliphatic heterocycles. The molecule has 0 radical (unpaired) electrons. The molecular weight excluding hydrogens is 381 g/mol. The average molecular weight is 393 g/mol. The Balaban J connectivity index is 1.97. The smallest absolute Gasteiger partial charge is 0.262 e. The van der Waals surface area contributed by atoms with Crippen LogP contribution in [0.4, 0.5) is 0 Å². The zero-order valence-corrected chi connectivity index (χ0v) is 13.5. The van der Waals surface area contributed by atoms with Gasteiger partial charge in [-0.2, -0.15) is 0 Å². The molecule has 2 aromatic rings. The Labute approximate surface area is 135 Å². The monoisotopic (exact) mass is 393 g/mol. The van der Waals surface area contributed by atoms with Crippen LogP contribution in [0.2, 0.25) is 0 Å². The minimum Gasteiger partial charge on any atom is -0.496 e. The number of halogens is 1. The largest absolute Gasteiger partial charge is 0.496 e. The summed E-state index contributed by atoms with van der Waals surface area (Å²) in [6.45, 7) is 0.215. The molecule has 1 aliphatic rings. The highest BCUT2D eigenvalue weighted by molar-refractivity contribution is 14.1. The number of para-hydroxylation sites is 1. The maximum Gasteiger partial charge on any atom is 0.262 e. The van der Waals surface area contributed by atoms with E-state index in [4.69, 9.17) is 4.74 Å². The van der Waals surface area contributed by atoms with Gasteiger partial charge in [0, 0.05) is 9.13 Å². The topological polar surface area (TPSA) is 46.6 Å². The minimum atomic E-state index is -0.251. The van der Waals surface area contributed by atoms with Crippen molar-refractivity contribution in [3.8, 4) is 5.75 Å². The standard InChI is InChI=1S/C16H12INO3/c1-21-13-8-3-2-5-10(13)9-18-15(19)11-6-4-7-12(17)14(11)16(18)20/h2-8H,9H2,1H3. The van der Waals surface area contributed by atoms with Crippen LogP contribution in [-0.2, 0) is 6.54 Å². The molecule has 0 fully saturated rings. The van der Waals surface area contributed by atoms with Crippen molar-refractivity contribution >= 4 is 34.4 Å². The maximum absolute atomic E-state index is 12.5. The van der Waals surface area contributed by atoms with Crippen LogP contribution in [0.3, 0.4) is 0 Å². The van der Waals surface area contributed by atoms with Gasteiger partial charge in [0.2, 0.25) is 0 Å². The minimum absolute atomic E-state index is 0.215. The van der Waals surface area contributed by atoms with Gasteiger partial charge in [0.25, 0.3) is 11.8 Å². The first kappa shape index (κ1) is 14.1. The van der Waals surface area contributed by atoms with E-state index in [0.717, 1.165) is 9.13 Å². The zero-order valence-electron chi connectivity index (χ0n) is 11.3. The number of hydrogen-bond donors (Lipinski definition) is 0. The molecule has 1 heterocycles. The van der Waals surface area contributed by atoms with E-state index < -0.39 is 0 Å². The number of benzene rings is 2. The lowest BCUT2D eigenvalue weighted by molar-refractivity contribution is 0.0641. The van der Waals surface area contributed by atoms with Gasteiger partial charge in [0.05, 0.1) is 24.8 Å². The number of ether oxygens (including phenoxy) is 1. The summed E-state index contributed by atoms with van der Waals surface area (Å²) in [6, 6.07) is 12.7. The predicted octanol–water partition coefficient (Wildman–Crippen LogP) is 3.10. The van der Waals surface area contributed by atoms with Crippen molar-refractivity contribution in [2.45, 2.75) is 6.54 Å². The Bertz CT molecular complexity index is 742. The SMILES string of the molecule is COc1ccccc1CN1C(=O)c2cccc(I)c2C1=O. The number of rotatable bonds is 3. The molecule has 2 amide bonds. The number of imide groups is 1. The molecule has 0 saturated heterocycles. The van der Waals surface area contributed by atoms with Gasteiger partial charge < -0.3 is 4.74 Å². The molecule has 0 unspecified atom stereocenters. The van der Waals surface area contributed by atoms with Crippen LogP contribution < -0.4 is 4.74 Å². The first-order valence-corrected chi connectivity index (χ1v) is 7.48. The molecule has 5 heteroatoms. The fraction of sp³-hybridized carbons (Fsp3) is 0.125. The second-order valence-electron chi connectivity index (χ2n) is 4.67. The third-order valence-electron chi connectivity index (χ3n) is 3.47. The summed E-state index contributed by atoms with van der Waals surface area (Å²) in [5.41, 5.74) is 1.78. The van der Waals surface area contributed by atoms with Crippen molar-refractivity contribution < 1.29 is 14.3 Å². The molecule has 3 rings (SSSR count). The third-order valence-corrected chi connectivity index (χ3v) is 4.37. The molecule has 0 bridgehead atoms. The first-order chi connectivity index (χ1) is 10.1. The third kappa shape index (κ3) is 2.31. The molecule has 106 valence electrons. The Morgan fingerprint density at radius 1 is 1.05 bits per heavy atom. The Hall–Kier alpha value is -1.89. The highest BCUT2D eigenvalue weighted by Crippen LogP contribution is 2.29. The average Bonchev–Trinajstić information content (AvgIpc) is 2.74. The summed E-state index contributed by atoms with van der Waals surface area (Å²) in [4.78, 5) is 26.2. The van der Waals surface area contributed by atoms with Crippen LogP contribution in [0.5, 0.6) is 5.75 Å². The normalized spacial score (nSPS) is 13.5. The summed E-state index contributed by atoms with van der Waals surface area (Å²) in [5, 5.41) is 0. The molecular formula is C16H12INO3. The molecule has 0 atom stereocenters. The van der Waals surface area contributed by atoms with E-state index in [1.807, 2.05) is 30.3 Å². The van der Waals surface area contributed by atoms with Crippen molar-refractivity contribution in [1.29, 1.82) is 0 Å². The van der Waals surface area contributed by atoms with Gasteiger partial charge >= 0.3 is 0 Å². The first-order valence-electron chi connectivity index (χ1n) is 6.40. The van der Waals surface area contributed by atoms with Gasteiger partial charge in [-0.3, -0.25) is 14.5 Å². The van der Waals surface area contributed by atoms with E-state index in [0.29, 0.717) is 16.9 Å². The van der Waals surface area contributed by atoms with E-state index in [1.165, 1.54) is 4.90 Å². The lowest BCUT2D eigenvalue weighted by atomic mass is 10.1. The maximum atomic E-state index is 12.5. The highest BCUT2D eigenvalue weighted by Gasteiger charge is 2.37. The number of carbonyl (C=O) groups excluding carboxylic acids is 2. The molecule has 2 aromatic carbocycles. The van der Waals surface area contributed by atoms with Crippen LogP contribution >= 0.6 is 22.6 Å². The quantitative estimate of drug-likeness (QED) is 0.595. The fourth-order valence-corrected chi connectivity index (χ4v) is 3.17. The summed E-state index contributed by atoms with van der Waals surface area (Å²) >= 11 is 2.08. The summed E-state index contributed by atoms with van der Waals surface area (Å²) in [5.74, 6) is 0.175. The van der Waals surface area contributed by atoms with Crippen molar-refractivity contribution in [2.24, 2.45) is 0 Å². The van der Waals surface area contributed by atoms with Crippen LogP contribution in [0, 0.1) is 3.57 Å². The van der Waals surface area contributed by atoms with Crippen molar-refractivity contribution in [1.82, 2.24) is 4.90 Å². The van der Waals surface area contributed by atoms with Crippen molar-refractivity contribution in [3.63, 3.8) is 0 Å². The Morgan fingerprint density at radius 2 is 1.81 bits per heavy atom. The van der Waals surface area contributed by atoms with Gasteiger partial charge in [-0.05, 0) is 40.8 Å². The van der Waals surface area contributed by atoms with Crippen LogP contribution in [0.15, 0.2) is 42.5 Å². The molecule has 0 aromatic heterocycles. The second kappa shape index (κ2) is 5.48. The van der Waals surface area contributed by atoms with E-state index >= 15 is 0 Å². The lowest BCUT2D eigenvalue weighted by Gasteiger charge is -2.16. The second-order valence-corrected chi connectivity index (χ2v) is 5.83. The van der Waals surface area contributed by atoms with Crippen molar-refractivity contribution in [3.05, 3.63) is 62.7 Å². The Morgan fingerprint density at radius 3 is 2.52 bits per heavy atom. The number of amides is 2.